The second kappa shape index (κ2) is 3.99. The van der Waals surface area contributed by atoms with Crippen molar-refractivity contribution in [1.29, 1.82) is 0 Å². The molecule has 0 radical (unpaired) electrons. The van der Waals surface area contributed by atoms with E-state index in [4.69, 9.17) is 5.73 Å². The molecule has 78 valence electrons. The van der Waals surface area contributed by atoms with Gasteiger partial charge in [0.15, 0.2) is 0 Å². The Morgan fingerprint density at radius 1 is 1.13 bits per heavy atom. The smallest absolute Gasteiger partial charge is 0.131 e. The van der Waals surface area contributed by atoms with Crippen molar-refractivity contribution in [3.05, 3.63) is 47.8 Å². The zero-order valence-electron chi connectivity index (χ0n) is 8.70. The van der Waals surface area contributed by atoms with Crippen LogP contribution in [0.2, 0.25) is 0 Å². The van der Waals surface area contributed by atoms with Crippen molar-refractivity contribution in [2.45, 2.75) is 19.4 Å². The molecule has 0 amide bonds. The summed E-state index contributed by atoms with van der Waals surface area (Å²) in [6.45, 7) is 1.96. The van der Waals surface area contributed by atoms with Crippen molar-refractivity contribution in [1.82, 2.24) is 0 Å². The van der Waals surface area contributed by atoms with Gasteiger partial charge in [0.1, 0.15) is 5.82 Å². The molecule has 1 nitrogen and oxygen atoms in total. The lowest BCUT2D eigenvalue weighted by Gasteiger charge is -2.09. The molecule has 0 bridgehead atoms. The maximum absolute atomic E-state index is 13.5. The van der Waals surface area contributed by atoms with E-state index in [2.05, 4.69) is 0 Å². The number of rotatable bonds is 2. The molecule has 2 aromatic carbocycles. The third-order valence-corrected chi connectivity index (χ3v) is 2.50. The van der Waals surface area contributed by atoms with Gasteiger partial charge in [0.2, 0.25) is 0 Å². The van der Waals surface area contributed by atoms with E-state index < -0.39 is 0 Å². The van der Waals surface area contributed by atoms with Crippen LogP contribution in [-0.2, 0) is 6.42 Å². The summed E-state index contributed by atoms with van der Waals surface area (Å²) in [5, 5.41) is 1.64. The Hall–Kier alpha value is -1.41. The van der Waals surface area contributed by atoms with Crippen LogP contribution < -0.4 is 5.73 Å². The number of benzene rings is 2. The molecule has 2 heteroatoms. The molecular formula is C13H14FN. The molecule has 0 saturated carbocycles. The van der Waals surface area contributed by atoms with E-state index in [-0.39, 0.29) is 11.9 Å². The fourth-order valence-corrected chi connectivity index (χ4v) is 1.85. The van der Waals surface area contributed by atoms with Crippen molar-refractivity contribution in [2.24, 2.45) is 5.73 Å². The van der Waals surface area contributed by atoms with Gasteiger partial charge in [-0.25, -0.2) is 4.39 Å². The van der Waals surface area contributed by atoms with Crippen LogP contribution in [0.1, 0.15) is 12.5 Å². The summed E-state index contributed by atoms with van der Waals surface area (Å²) in [6.07, 6.45) is 0.779. The average molecular weight is 203 g/mol. The third-order valence-electron chi connectivity index (χ3n) is 2.50. The van der Waals surface area contributed by atoms with Crippen LogP contribution in [-0.4, -0.2) is 6.04 Å². The van der Waals surface area contributed by atoms with E-state index in [9.17, 15) is 4.39 Å². The summed E-state index contributed by atoms with van der Waals surface area (Å²) < 4.78 is 13.5. The van der Waals surface area contributed by atoms with Gasteiger partial charge in [-0.05, 0) is 30.4 Å². The van der Waals surface area contributed by atoms with Crippen molar-refractivity contribution >= 4 is 10.8 Å². The molecule has 2 aromatic rings. The van der Waals surface area contributed by atoms with Crippen LogP contribution in [0.4, 0.5) is 4.39 Å². The quantitative estimate of drug-likeness (QED) is 0.798. The molecule has 0 fully saturated rings. The third kappa shape index (κ3) is 2.00. The van der Waals surface area contributed by atoms with Gasteiger partial charge >= 0.3 is 0 Å². The highest BCUT2D eigenvalue weighted by atomic mass is 19.1. The maximum Gasteiger partial charge on any atom is 0.131 e. The van der Waals surface area contributed by atoms with Crippen molar-refractivity contribution < 1.29 is 4.39 Å². The van der Waals surface area contributed by atoms with E-state index in [0.717, 1.165) is 17.4 Å². The molecule has 2 N–H and O–H groups in total. The largest absolute Gasteiger partial charge is 0.328 e. The lowest BCUT2D eigenvalue weighted by atomic mass is 9.99. The molecule has 2 rings (SSSR count). The number of fused-ring (bicyclic) bond motifs is 1. The summed E-state index contributed by atoms with van der Waals surface area (Å²) in [6, 6.07) is 10.9. The Labute approximate surface area is 88.7 Å². The normalized spacial score (nSPS) is 13.0. The summed E-state index contributed by atoms with van der Waals surface area (Å²) in [7, 11) is 0. The van der Waals surface area contributed by atoms with Crippen LogP contribution in [0.15, 0.2) is 36.4 Å². The van der Waals surface area contributed by atoms with Gasteiger partial charge < -0.3 is 5.73 Å². The van der Waals surface area contributed by atoms with Gasteiger partial charge in [-0.1, -0.05) is 30.3 Å². The van der Waals surface area contributed by atoms with Gasteiger partial charge in [-0.15, -0.1) is 0 Å². The molecule has 0 aliphatic carbocycles. The topological polar surface area (TPSA) is 26.0 Å². The number of nitrogens with two attached hydrogens (primary N) is 1. The summed E-state index contributed by atoms with van der Waals surface area (Å²) in [5.41, 5.74) is 6.87. The minimum atomic E-state index is -0.168. The minimum absolute atomic E-state index is 0.0962. The second-order valence-electron chi connectivity index (χ2n) is 3.93. The van der Waals surface area contributed by atoms with E-state index >= 15 is 0 Å². The predicted molar refractivity (Wildman–Crippen MR) is 61.3 cm³/mol. The summed E-state index contributed by atoms with van der Waals surface area (Å²) in [4.78, 5) is 0. The summed E-state index contributed by atoms with van der Waals surface area (Å²) in [5.74, 6) is -0.168. The van der Waals surface area contributed by atoms with Gasteiger partial charge in [0, 0.05) is 11.4 Å². The van der Waals surface area contributed by atoms with Gasteiger partial charge in [-0.3, -0.25) is 0 Å². The Morgan fingerprint density at radius 2 is 1.80 bits per heavy atom. The lowest BCUT2D eigenvalue weighted by molar-refractivity contribution is 0.638. The monoisotopic (exact) mass is 203 g/mol. The highest BCUT2D eigenvalue weighted by molar-refractivity contribution is 5.86. The SMILES string of the molecule is CC(N)Cc1ccc(F)c2ccccc12. The first-order valence-corrected chi connectivity index (χ1v) is 5.10. The zero-order valence-corrected chi connectivity index (χ0v) is 8.70. The van der Waals surface area contributed by atoms with Crippen LogP contribution in [0.5, 0.6) is 0 Å². The van der Waals surface area contributed by atoms with Crippen LogP contribution in [0.25, 0.3) is 10.8 Å². The molecule has 0 heterocycles. The van der Waals surface area contributed by atoms with Gasteiger partial charge in [0.25, 0.3) is 0 Å². The Bertz CT molecular complexity index is 477. The Morgan fingerprint density at radius 3 is 2.47 bits per heavy atom. The number of halogens is 1. The molecule has 0 spiro atoms. The van der Waals surface area contributed by atoms with Crippen LogP contribution >= 0.6 is 0 Å². The van der Waals surface area contributed by atoms with E-state index in [0.29, 0.717) is 5.39 Å². The van der Waals surface area contributed by atoms with Crippen LogP contribution in [0, 0.1) is 5.82 Å². The fourth-order valence-electron chi connectivity index (χ4n) is 1.85. The van der Waals surface area contributed by atoms with Crippen LogP contribution in [0.3, 0.4) is 0 Å². The minimum Gasteiger partial charge on any atom is -0.328 e. The highest BCUT2D eigenvalue weighted by Gasteiger charge is 2.06. The molecule has 0 saturated heterocycles. The number of hydrogen-bond acceptors (Lipinski definition) is 1. The predicted octanol–water partition coefficient (Wildman–Crippen LogP) is 2.87. The van der Waals surface area contributed by atoms with E-state index in [1.54, 1.807) is 6.07 Å². The molecular weight excluding hydrogens is 189 g/mol. The molecule has 1 atom stereocenters. The molecule has 0 aromatic heterocycles. The molecule has 0 aliphatic rings. The van der Waals surface area contributed by atoms with Crippen molar-refractivity contribution in [2.75, 3.05) is 0 Å². The van der Waals surface area contributed by atoms with Gasteiger partial charge in [0.05, 0.1) is 0 Å². The van der Waals surface area contributed by atoms with Crippen molar-refractivity contribution in [3.63, 3.8) is 0 Å². The van der Waals surface area contributed by atoms with E-state index in [1.165, 1.54) is 6.07 Å². The lowest BCUT2D eigenvalue weighted by Crippen LogP contribution is -2.17. The first-order chi connectivity index (χ1) is 7.18. The summed E-state index contributed by atoms with van der Waals surface area (Å²) >= 11 is 0. The second-order valence-corrected chi connectivity index (χ2v) is 3.93. The maximum atomic E-state index is 13.5. The molecule has 1 unspecified atom stereocenters. The first kappa shape index (κ1) is 10.1. The standard InChI is InChI=1S/C13H14FN/c1-9(15)8-10-6-7-13(14)12-5-3-2-4-11(10)12/h2-7,9H,8,15H2,1H3. The zero-order chi connectivity index (χ0) is 10.8. The fraction of sp³-hybridized carbons (Fsp3) is 0.231. The van der Waals surface area contributed by atoms with Crippen molar-refractivity contribution in [3.8, 4) is 0 Å². The Balaban J connectivity index is 2.61. The average Bonchev–Trinajstić information content (AvgIpc) is 2.22. The number of hydrogen-bond donors (Lipinski definition) is 1. The van der Waals surface area contributed by atoms with E-state index in [1.807, 2.05) is 31.2 Å². The Kier molecular flexibility index (Phi) is 2.69. The molecule has 15 heavy (non-hydrogen) atoms. The molecule has 0 aliphatic heterocycles. The first-order valence-electron chi connectivity index (χ1n) is 5.10. The highest BCUT2D eigenvalue weighted by Crippen LogP contribution is 2.22. The van der Waals surface area contributed by atoms with Gasteiger partial charge in [-0.2, -0.15) is 0 Å².